The minimum absolute atomic E-state index is 0.128. The molecule has 2 unspecified atom stereocenters. The summed E-state index contributed by atoms with van der Waals surface area (Å²) in [5, 5.41) is 13.9. The Kier molecular flexibility index (Phi) is 8.98. The van der Waals surface area contributed by atoms with Gasteiger partial charge in [-0.05, 0) is 44.6 Å². The maximum absolute atomic E-state index is 14.6. The number of hydrogen-bond acceptors (Lipinski definition) is 8. The molecular weight excluding hydrogens is 619 g/mol. The Morgan fingerprint density at radius 1 is 1.22 bits per heavy atom. The molecule has 3 fully saturated rings. The minimum Gasteiger partial charge on any atom is -0.381 e. The second kappa shape index (κ2) is 12.8. The van der Waals surface area contributed by atoms with Crippen LogP contribution < -0.4 is 10.6 Å². The second-order valence-electron chi connectivity index (χ2n) is 12.0. The van der Waals surface area contributed by atoms with Crippen LogP contribution in [0.25, 0.3) is 5.78 Å². The summed E-state index contributed by atoms with van der Waals surface area (Å²) in [5.74, 6) is -4.80. The predicted octanol–water partition coefficient (Wildman–Crippen LogP) is 3.52. The van der Waals surface area contributed by atoms with E-state index < -0.39 is 61.0 Å². The van der Waals surface area contributed by atoms with E-state index in [1.807, 2.05) is 6.92 Å². The third kappa shape index (κ3) is 6.84. The molecule has 46 heavy (non-hydrogen) atoms. The average Bonchev–Trinajstić information content (AvgIpc) is 3.67. The van der Waals surface area contributed by atoms with Crippen LogP contribution in [0.5, 0.6) is 0 Å². The molecule has 0 bridgehead atoms. The molecule has 5 heterocycles. The van der Waals surface area contributed by atoms with E-state index in [9.17, 15) is 31.5 Å². The van der Waals surface area contributed by atoms with Crippen molar-refractivity contribution in [3.05, 3.63) is 41.2 Å². The van der Waals surface area contributed by atoms with E-state index in [1.165, 1.54) is 27.7 Å². The number of carbonyl (C=O) groups excluding carboxylic acids is 2. The molecule has 250 valence electrons. The van der Waals surface area contributed by atoms with Crippen LogP contribution in [0.3, 0.4) is 0 Å². The molecule has 4 atom stereocenters. The van der Waals surface area contributed by atoms with Crippen LogP contribution in [0.2, 0.25) is 0 Å². The first-order chi connectivity index (χ1) is 21.9. The Hall–Kier alpha value is -3.73. The van der Waals surface area contributed by atoms with Gasteiger partial charge in [0.1, 0.15) is 11.8 Å². The van der Waals surface area contributed by atoms with Crippen molar-refractivity contribution >= 4 is 17.6 Å². The third-order valence-electron chi connectivity index (χ3n) is 8.87. The molecule has 6 rings (SSSR count). The van der Waals surface area contributed by atoms with Crippen LogP contribution in [0, 0.1) is 5.92 Å². The van der Waals surface area contributed by atoms with Gasteiger partial charge in [-0.2, -0.15) is 23.4 Å². The normalized spacial score (nSPS) is 24.9. The number of nitrogens with zero attached hydrogens (tertiary/aromatic N) is 6. The molecule has 2 N–H and O–H groups in total. The zero-order valence-corrected chi connectivity index (χ0v) is 25.1. The van der Waals surface area contributed by atoms with Gasteiger partial charge in [-0.3, -0.25) is 14.3 Å². The zero-order chi connectivity index (χ0) is 32.6. The summed E-state index contributed by atoms with van der Waals surface area (Å²) < 4.78 is 83.1. The number of rotatable bonds is 8. The lowest BCUT2D eigenvalue weighted by Gasteiger charge is -2.34. The number of halogens is 5. The number of fused-ring (bicyclic) bond motifs is 1. The number of aryl methyl sites for hydroxylation is 1. The fourth-order valence-electron chi connectivity index (χ4n) is 6.52. The number of aromatic nitrogens is 6. The van der Waals surface area contributed by atoms with Crippen molar-refractivity contribution in [2.24, 2.45) is 5.92 Å². The fourth-order valence-corrected chi connectivity index (χ4v) is 6.52. The van der Waals surface area contributed by atoms with Gasteiger partial charge in [0.2, 0.25) is 11.8 Å². The molecule has 0 spiro atoms. The molecular formula is C29H35F5N8O4. The standard InChI is InChI=1S/C29H35F5N8O4/c1-2-41-20(5-9-36-41)25(43)38-24(17-4-3-8-28(30,31)13-17)19-15-42-27(37-19)39-23(16-6-10-45-11-7-16)18(40-42)12-21-26(44)35-14-22(46-21)29(32,33)34/h5,9,15-17,21-22,24H,2-4,6-8,10-14H2,1H3,(H,35,44)(H,38,43)/t17-,21?,22?,24-/m0/s1. The highest BCUT2D eigenvalue weighted by molar-refractivity contribution is 5.92. The Labute approximate surface area is 260 Å². The summed E-state index contributed by atoms with van der Waals surface area (Å²) in [4.78, 5) is 35.3. The highest BCUT2D eigenvalue weighted by Crippen LogP contribution is 2.42. The van der Waals surface area contributed by atoms with E-state index in [-0.39, 0.29) is 48.0 Å². The van der Waals surface area contributed by atoms with Crippen LogP contribution in [-0.4, -0.2) is 85.2 Å². The quantitative estimate of drug-likeness (QED) is 0.352. The average molecular weight is 655 g/mol. The van der Waals surface area contributed by atoms with Gasteiger partial charge in [-0.1, -0.05) is 0 Å². The largest absolute Gasteiger partial charge is 0.416 e. The molecule has 2 amide bonds. The number of amides is 2. The first-order valence-corrected chi connectivity index (χ1v) is 15.5. The van der Waals surface area contributed by atoms with Gasteiger partial charge < -0.3 is 20.1 Å². The lowest BCUT2D eigenvalue weighted by molar-refractivity contribution is -0.237. The number of morpholine rings is 1. The summed E-state index contributed by atoms with van der Waals surface area (Å²) in [7, 11) is 0. The molecule has 0 radical (unpaired) electrons. The Balaban J connectivity index is 1.37. The molecule has 0 aromatic carbocycles. The number of nitrogens with one attached hydrogen (secondary N) is 2. The summed E-state index contributed by atoms with van der Waals surface area (Å²) >= 11 is 0. The fraction of sp³-hybridized carbons (Fsp3) is 0.655. The van der Waals surface area contributed by atoms with E-state index in [0.29, 0.717) is 44.7 Å². The summed E-state index contributed by atoms with van der Waals surface area (Å²) in [5.41, 5.74) is 1.23. The minimum atomic E-state index is -4.67. The number of imidazole rings is 1. The van der Waals surface area contributed by atoms with Crippen molar-refractivity contribution in [3.8, 4) is 0 Å². The summed E-state index contributed by atoms with van der Waals surface area (Å²) in [6.07, 6.45) is -4.50. The number of carbonyl (C=O) groups is 2. The van der Waals surface area contributed by atoms with Gasteiger partial charge >= 0.3 is 6.18 Å². The number of hydrogen-bond donors (Lipinski definition) is 2. The van der Waals surface area contributed by atoms with E-state index in [1.54, 1.807) is 0 Å². The molecule has 3 aromatic heterocycles. The SMILES string of the molecule is CCn1nccc1C(=O)N[C@H](c1cn2nc(CC3OC(C(F)(F)F)CNC3=O)c(C3CCOCC3)nc2n1)[C@H]1CCCC(F)(F)C1. The molecule has 1 aliphatic carbocycles. The van der Waals surface area contributed by atoms with Crippen molar-refractivity contribution in [3.63, 3.8) is 0 Å². The van der Waals surface area contributed by atoms with Crippen molar-refractivity contribution in [2.45, 2.75) is 94.7 Å². The van der Waals surface area contributed by atoms with Gasteiger partial charge in [0, 0.05) is 51.1 Å². The lowest BCUT2D eigenvalue weighted by Crippen LogP contribution is -2.55. The topological polar surface area (TPSA) is 138 Å². The van der Waals surface area contributed by atoms with Crippen molar-refractivity contribution in [1.82, 2.24) is 40.0 Å². The molecule has 12 nitrogen and oxygen atoms in total. The number of ether oxygens (including phenoxy) is 2. The Bertz CT molecular complexity index is 1570. The molecule has 2 saturated heterocycles. The predicted molar refractivity (Wildman–Crippen MR) is 150 cm³/mol. The highest BCUT2D eigenvalue weighted by Gasteiger charge is 2.46. The van der Waals surface area contributed by atoms with E-state index in [0.717, 1.165) is 0 Å². The van der Waals surface area contributed by atoms with Gasteiger partial charge in [0.25, 0.3) is 11.7 Å². The van der Waals surface area contributed by atoms with Crippen LogP contribution in [-0.2, 0) is 27.2 Å². The Morgan fingerprint density at radius 3 is 2.72 bits per heavy atom. The Morgan fingerprint density at radius 2 is 2.00 bits per heavy atom. The molecule has 3 aliphatic rings. The third-order valence-corrected chi connectivity index (χ3v) is 8.87. The maximum Gasteiger partial charge on any atom is 0.416 e. The van der Waals surface area contributed by atoms with Crippen LogP contribution in [0.15, 0.2) is 18.5 Å². The smallest absolute Gasteiger partial charge is 0.381 e. The van der Waals surface area contributed by atoms with Gasteiger partial charge in [-0.25, -0.2) is 23.3 Å². The van der Waals surface area contributed by atoms with Crippen molar-refractivity contribution in [2.75, 3.05) is 19.8 Å². The van der Waals surface area contributed by atoms with E-state index >= 15 is 0 Å². The summed E-state index contributed by atoms with van der Waals surface area (Å²) in [6, 6.07) is 0.620. The maximum atomic E-state index is 14.6. The zero-order valence-electron chi connectivity index (χ0n) is 25.1. The second-order valence-corrected chi connectivity index (χ2v) is 12.0. The first-order valence-electron chi connectivity index (χ1n) is 15.5. The first kappa shape index (κ1) is 32.2. The molecule has 3 aromatic rings. The lowest BCUT2D eigenvalue weighted by atomic mass is 9.80. The van der Waals surface area contributed by atoms with Crippen LogP contribution in [0.4, 0.5) is 22.0 Å². The molecule has 2 aliphatic heterocycles. The van der Waals surface area contributed by atoms with Gasteiger partial charge in [-0.15, -0.1) is 0 Å². The van der Waals surface area contributed by atoms with Gasteiger partial charge in [0.05, 0.1) is 35.9 Å². The van der Waals surface area contributed by atoms with Gasteiger partial charge in [0.15, 0.2) is 6.10 Å². The van der Waals surface area contributed by atoms with Crippen molar-refractivity contribution < 1.29 is 41.0 Å². The molecule has 17 heteroatoms. The van der Waals surface area contributed by atoms with Crippen LogP contribution >= 0.6 is 0 Å². The van der Waals surface area contributed by atoms with Crippen molar-refractivity contribution in [1.29, 1.82) is 0 Å². The van der Waals surface area contributed by atoms with E-state index in [4.69, 9.17) is 14.5 Å². The summed E-state index contributed by atoms with van der Waals surface area (Å²) in [6.45, 7) is 2.43. The monoisotopic (exact) mass is 654 g/mol. The highest BCUT2D eigenvalue weighted by atomic mass is 19.4. The number of alkyl halides is 5. The van der Waals surface area contributed by atoms with E-state index in [2.05, 4.69) is 25.8 Å². The van der Waals surface area contributed by atoms with Crippen LogP contribution in [0.1, 0.15) is 85.0 Å². The molecule has 1 saturated carbocycles.